The summed E-state index contributed by atoms with van der Waals surface area (Å²) in [5.74, 6) is 0.319. The van der Waals surface area contributed by atoms with Gasteiger partial charge in [-0.3, -0.25) is 0 Å². The highest BCUT2D eigenvalue weighted by molar-refractivity contribution is 4.62. The molecule has 0 spiro atoms. The number of hydrogen-bond donors (Lipinski definition) is 2. The normalized spacial score (nSPS) is 13.9. The molecule has 1 radical (unpaired) electrons. The second-order valence-corrected chi connectivity index (χ2v) is 3.21. The molecule has 0 aromatic carbocycles. The molecule has 2 heteroatoms. The van der Waals surface area contributed by atoms with Gasteiger partial charge in [0.25, 0.3) is 0 Å². The summed E-state index contributed by atoms with van der Waals surface area (Å²) in [6, 6.07) is 0. The van der Waals surface area contributed by atoms with E-state index < -0.39 is 0 Å². The molecule has 0 aromatic heterocycles. The minimum absolute atomic E-state index is 0.228. The van der Waals surface area contributed by atoms with E-state index in [4.69, 9.17) is 5.11 Å². The van der Waals surface area contributed by atoms with Crippen LogP contribution in [0.1, 0.15) is 32.6 Å². The maximum Gasteiger partial charge on any atom is 0.0542 e. The lowest BCUT2D eigenvalue weighted by Crippen LogP contribution is -2.10. The van der Waals surface area contributed by atoms with Crippen LogP contribution in [0.25, 0.3) is 0 Å². The fraction of sp³-hybridized carbons (Fsp3) is 0.889. The summed E-state index contributed by atoms with van der Waals surface area (Å²) in [4.78, 5) is 0. The van der Waals surface area contributed by atoms with Gasteiger partial charge in [0.05, 0.1) is 6.10 Å². The van der Waals surface area contributed by atoms with Crippen molar-refractivity contribution < 1.29 is 10.2 Å². The predicted molar refractivity (Wildman–Crippen MR) is 46.1 cm³/mol. The van der Waals surface area contributed by atoms with Crippen molar-refractivity contribution in [2.45, 2.75) is 38.7 Å². The molecule has 0 aliphatic carbocycles. The Kier molecular flexibility index (Phi) is 6.57. The van der Waals surface area contributed by atoms with E-state index in [0.29, 0.717) is 5.92 Å². The number of unbranched alkanes of at least 4 members (excludes halogenated alkanes) is 1. The quantitative estimate of drug-likeness (QED) is 0.575. The van der Waals surface area contributed by atoms with Crippen LogP contribution >= 0.6 is 0 Å². The molecule has 0 aliphatic heterocycles. The predicted octanol–water partition coefficient (Wildman–Crippen LogP) is 1.37. The molecule has 0 saturated carbocycles. The van der Waals surface area contributed by atoms with E-state index >= 15 is 0 Å². The number of rotatable bonds is 6. The van der Waals surface area contributed by atoms with E-state index in [1.807, 2.05) is 6.92 Å². The summed E-state index contributed by atoms with van der Waals surface area (Å²) in [7, 11) is 0. The van der Waals surface area contributed by atoms with Gasteiger partial charge in [0.15, 0.2) is 0 Å². The van der Waals surface area contributed by atoms with Gasteiger partial charge in [0.1, 0.15) is 0 Å². The summed E-state index contributed by atoms with van der Waals surface area (Å²) >= 11 is 0. The molecule has 2 atom stereocenters. The highest BCUT2D eigenvalue weighted by Crippen LogP contribution is 2.09. The van der Waals surface area contributed by atoms with Crippen LogP contribution in [-0.4, -0.2) is 22.9 Å². The number of aliphatic hydroxyl groups excluding tert-OH is 2. The Morgan fingerprint density at radius 1 is 1.36 bits per heavy atom. The van der Waals surface area contributed by atoms with E-state index in [1.165, 1.54) is 0 Å². The first-order valence-electron chi connectivity index (χ1n) is 4.28. The monoisotopic (exact) mass is 159 g/mol. The molecular weight excluding hydrogens is 140 g/mol. The highest BCUT2D eigenvalue weighted by atomic mass is 16.3. The van der Waals surface area contributed by atoms with Gasteiger partial charge in [-0.05, 0) is 31.6 Å². The third-order valence-corrected chi connectivity index (χ3v) is 1.62. The molecule has 0 aromatic rings. The smallest absolute Gasteiger partial charge is 0.0542 e. The topological polar surface area (TPSA) is 40.5 Å². The van der Waals surface area contributed by atoms with Crippen molar-refractivity contribution in [3.05, 3.63) is 6.92 Å². The van der Waals surface area contributed by atoms with E-state index in [-0.39, 0.29) is 12.7 Å². The average Bonchev–Trinajstić information content (AvgIpc) is 1.86. The SMILES string of the molecule is [CH2]C(C)CC(O)CCCCO. The molecular formula is C9H19O2. The van der Waals surface area contributed by atoms with Crippen LogP contribution in [0.2, 0.25) is 0 Å². The molecule has 0 amide bonds. The Morgan fingerprint density at radius 2 is 2.00 bits per heavy atom. The summed E-state index contributed by atoms with van der Waals surface area (Å²) in [6.45, 7) is 6.02. The van der Waals surface area contributed by atoms with Crippen LogP contribution in [0.3, 0.4) is 0 Å². The zero-order chi connectivity index (χ0) is 8.69. The summed E-state index contributed by atoms with van der Waals surface area (Å²) in [5.41, 5.74) is 0. The van der Waals surface area contributed by atoms with Gasteiger partial charge in [-0.15, -0.1) is 0 Å². The van der Waals surface area contributed by atoms with Gasteiger partial charge in [-0.25, -0.2) is 0 Å². The maximum atomic E-state index is 9.32. The van der Waals surface area contributed by atoms with Crippen molar-refractivity contribution in [1.29, 1.82) is 0 Å². The van der Waals surface area contributed by atoms with Crippen LogP contribution < -0.4 is 0 Å². The van der Waals surface area contributed by atoms with Crippen LogP contribution in [0.5, 0.6) is 0 Å². The number of hydrogen-bond acceptors (Lipinski definition) is 2. The van der Waals surface area contributed by atoms with Crippen molar-refractivity contribution in [3.8, 4) is 0 Å². The summed E-state index contributed by atoms with van der Waals surface area (Å²) in [5, 5.41) is 17.8. The fourth-order valence-electron chi connectivity index (χ4n) is 1.07. The summed E-state index contributed by atoms with van der Waals surface area (Å²) < 4.78 is 0. The maximum absolute atomic E-state index is 9.32. The van der Waals surface area contributed by atoms with Gasteiger partial charge in [0, 0.05) is 6.61 Å². The zero-order valence-corrected chi connectivity index (χ0v) is 7.29. The van der Waals surface area contributed by atoms with E-state index in [2.05, 4.69) is 6.92 Å². The molecule has 0 aliphatic rings. The molecule has 67 valence electrons. The van der Waals surface area contributed by atoms with E-state index in [1.54, 1.807) is 0 Å². The van der Waals surface area contributed by atoms with Gasteiger partial charge in [-0.2, -0.15) is 0 Å². The van der Waals surface area contributed by atoms with Crippen molar-refractivity contribution >= 4 is 0 Å². The van der Waals surface area contributed by atoms with Gasteiger partial charge < -0.3 is 10.2 Å². The zero-order valence-electron chi connectivity index (χ0n) is 7.29. The first-order chi connectivity index (χ1) is 5.16. The van der Waals surface area contributed by atoms with Crippen molar-refractivity contribution in [2.75, 3.05) is 6.61 Å². The molecule has 0 saturated heterocycles. The molecule has 0 heterocycles. The number of aliphatic hydroxyl groups is 2. The van der Waals surface area contributed by atoms with Gasteiger partial charge in [-0.1, -0.05) is 13.8 Å². The largest absolute Gasteiger partial charge is 0.396 e. The lowest BCUT2D eigenvalue weighted by molar-refractivity contribution is 0.137. The van der Waals surface area contributed by atoms with Gasteiger partial charge in [0.2, 0.25) is 0 Å². The van der Waals surface area contributed by atoms with E-state index in [9.17, 15) is 5.11 Å². The third kappa shape index (κ3) is 7.82. The van der Waals surface area contributed by atoms with Gasteiger partial charge >= 0.3 is 0 Å². The Balaban J connectivity index is 3.15. The summed E-state index contributed by atoms with van der Waals surface area (Å²) in [6.07, 6.45) is 3.03. The Labute approximate surface area is 69.2 Å². The van der Waals surface area contributed by atoms with E-state index in [0.717, 1.165) is 25.7 Å². The molecule has 11 heavy (non-hydrogen) atoms. The Morgan fingerprint density at radius 3 is 2.45 bits per heavy atom. The van der Waals surface area contributed by atoms with Crippen LogP contribution in [-0.2, 0) is 0 Å². The lowest BCUT2D eigenvalue weighted by atomic mass is 10.0. The molecule has 0 rings (SSSR count). The molecule has 2 N–H and O–H groups in total. The average molecular weight is 159 g/mol. The molecule has 2 unspecified atom stereocenters. The third-order valence-electron chi connectivity index (χ3n) is 1.62. The van der Waals surface area contributed by atoms with Crippen molar-refractivity contribution in [1.82, 2.24) is 0 Å². The minimum atomic E-state index is -0.228. The minimum Gasteiger partial charge on any atom is -0.396 e. The molecule has 0 bridgehead atoms. The second kappa shape index (κ2) is 6.62. The van der Waals surface area contributed by atoms with Crippen LogP contribution in [0.15, 0.2) is 0 Å². The molecule has 0 fully saturated rings. The van der Waals surface area contributed by atoms with Crippen LogP contribution in [0.4, 0.5) is 0 Å². The lowest BCUT2D eigenvalue weighted by Gasteiger charge is -2.11. The Bertz CT molecular complexity index is 81.6. The fourth-order valence-corrected chi connectivity index (χ4v) is 1.07. The first-order valence-corrected chi connectivity index (χ1v) is 4.28. The standard InChI is InChI=1S/C9H19O2/c1-8(2)7-9(11)5-3-4-6-10/h8-11H,1,3-7H2,2H3. The first kappa shape index (κ1) is 10.9. The molecule has 2 nitrogen and oxygen atoms in total. The highest BCUT2D eigenvalue weighted by Gasteiger charge is 2.05. The van der Waals surface area contributed by atoms with Crippen molar-refractivity contribution in [2.24, 2.45) is 5.92 Å². The Hall–Kier alpha value is -0.0800. The van der Waals surface area contributed by atoms with Crippen molar-refractivity contribution in [3.63, 3.8) is 0 Å². The van der Waals surface area contributed by atoms with Crippen LogP contribution in [0, 0.1) is 12.8 Å². The second-order valence-electron chi connectivity index (χ2n) is 3.21.